The molecule has 5 nitrogen and oxygen atoms in total. The van der Waals surface area contributed by atoms with Crippen molar-refractivity contribution in [2.75, 3.05) is 12.8 Å². The third-order valence-electron chi connectivity index (χ3n) is 4.92. The Balaban J connectivity index is 2.37. The SMILES string of the molecule is C=CCC1(CC=C)CCCN1Cc1cnc(S(C)(=O)=O)n1CC(C)C. The first-order valence-electron chi connectivity index (χ1n) is 8.95. The van der Waals surface area contributed by atoms with Crippen LogP contribution in [0.15, 0.2) is 36.7 Å². The molecule has 1 aliphatic rings. The highest BCUT2D eigenvalue weighted by Crippen LogP contribution is 2.37. The second kappa shape index (κ2) is 7.87. The van der Waals surface area contributed by atoms with Crippen molar-refractivity contribution >= 4 is 9.84 Å². The van der Waals surface area contributed by atoms with Gasteiger partial charge in [0.1, 0.15) is 0 Å². The normalized spacial score (nSPS) is 17.9. The quantitative estimate of drug-likeness (QED) is 0.629. The zero-order valence-electron chi connectivity index (χ0n) is 15.7. The molecule has 1 aliphatic heterocycles. The van der Waals surface area contributed by atoms with E-state index in [2.05, 4.69) is 36.9 Å². The summed E-state index contributed by atoms with van der Waals surface area (Å²) in [6.07, 6.45) is 11.0. The van der Waals surface area contributed by atoms with Crippen molar-refractivity contribution in [2.24, 2.45) is 5.92 Å². The van der Waals surface area contributed by atoms with Crippen molar-refractivity contribution in [3.8, 4) is 0 Å². The van der Waals surface area contributed by atoms with Crippen LogP contribution in [0.25, 0.3) is 0 Å². The van der Waals surface area contributed by atoms with Crippen LogP contribution < -0.4 is 0 Å². The Labute approximate surface area is 152 Å². The molecule has 2 rings (SSSR count). The Morgan fingerprint density at radius 3 is 2.48 bits per heavy atom. The van der Waals surface area contributed by atoms with E-state index in [1.54, 1.807) is 6.20 Å². The molecule has 0 aliphatic carbocycles. The van der Waals surface area contributed by atoms with Crippen LogP contribution in [0.5, 0.6) is 0 Å². The standard InChI is InChI=1S/C19H31N3O2S/c1-6-9-19(10-7-2)11-8-12-21(19)15-17-13-20-18(25(5,23)24)22(17)14-16(3)4/h6-7,13,16H,1-2,8-12,14-15H2,3-5H3. The maximum Gasteiger partial charge on any atom is 0.227 e. The van der Waals surface area contributed by atoms with E-state index in [4.69, 9.17) is 0 Å². The number of likely N-dealkylation sites (tertiary alicyclic amines) is 1. The topological polar surface area (TPSA) is 55.2 Å². The molecule has 0 amide bonds. The lowest BCUT2D eigenvalue weighted by Gasteiger charge is -2.37. The molecule has 0 bridgehead atoms. The van der Waals surface area contributed by atoms with E-state index in [1.807, 2.05) is 16.7 Å². The first-order chi connectivity index (χ1) is 11.7. The average molecular weight is 366 g/mol. The lowest BCUT2D eigenvalue weighted by molar-refractivity contribution is 0.129. The minimum absolute atomic E-state index is 0.0433. The summed E-state index contributed by atoms with van der Waals surface area (Å²) in [5.74, 6) is 0.345. The highest BCUT2D eigenvalue weighted by molar-refractivity contribution is 7.90. The van der Waals surface area contributed by atoms with Gasteiger partial charge < -0.3 is 4.57 Å². The number of hydrogen-bond acceptors (Lipinski definition) is 4. The van der Waals surface area contributed by atoms with Crippen LogP contribution in [0.1, 0.15) is 45.2 Å². The fourth-order valence-corrected chi connectivity index (χ4v) is 4.73. The van der Waals surface area contributed by atoms with Crippen molar-refractivity contribution < 1.29 is 8.42 Å². The minimum Gasteiger partial charge on any atom is -0.317 e. The summed E-state index contributed by atoms with van der Waals surface area (Å²) in [6, 6.07) is 0. The summed E-state index contributed by atoms with van der Waals surface area (Å²) in [7, 11) is -3.34. The van der Waals surface area contributed by atoms with Crippen LogP contribution in [0.4, 0.5) is 0 Å². The van der Waals surface area contributed by atoms with Crippen molar-refractivity contribution in [3.63, 3.8) is 0 Å². The van der Waals surface area contributed by atoms with Gasteiger partial charge in [-0.1, -0.05) is 26.0 Å². The van der Waals surface area contributed by atoms with E-state index in [0.29, 0.717) is 19.0 Å². The number of nitrogens with zero attached hydrogens (tertiary/aromatic N) is 3. The molecule has 25 heavy (non-hydrogen) atoms. The Bertz CT molecular complexity index is 709. The summed E-state index contributed by atoms with van der Waals surface area (Å²) in [5, 5.41) is 0.174. The summed E-state index contributed by atoms with van der Waals surface area (Å²) >= 11 is 0. The van der Waals surface area contributed by atoms with Crippen molar-refractivity contribution in [1.82, 2.24) is 14.5 Å². The number of sulfone groups is 1. The van der Waals surface area contributed by atoms with Crippen molar-refractivity contribution in [3.05, 3.63) is 37.2 Å². The number of rotatable bonds is 9. The Hall–Kier alpha value is -1.40. The number of imidazole rings is 1. The van der Waals surface area contributed by atoms with E-state index >= 15 is 0 Å². The maximum absolute atomic E-state index is 12.1. The van der Waals surface area contributed by atoms with E-state index in [1.165, 1.54) is 6.26 Å². The summed E-state index contributed by atoms with van der Waals surface area (Å²) < 4.78 is 26.1. The van der Waals surface area contributed by atoms with Gasteiger partial charge in [-0.15, -0.1) is 13.2 Å². The van der Waals surface area contributed by atoms with E-state index in [-0.39, 0.29) is 10.7 Å². The van der Waals surface area contributed by atoms with Crippen LogP contribution in [0, 0.1) is 5.92 Å². The molecule has 1 fully saturated rings. The fraction of sp³-hybridized carbons (Fsp3) is 0.632. The van der Waals surface area contributed by atoms with Gasteiger partial charge in [0.15, 0.2) is 0 Å². The van der Waals surface area contributed by atoms with Crippen LogP contribution in [-0.2, 0) is 22.9 Å². The molecule has 0 atom stereocenters. The van der Waals surface area contributed by atoms with Gasteiger partial charge >= 0.3 is 0 Å². The second-order valence-electron chi connectivity index (χ2n) is 7.54. The Morgan fingerprint density at radius 2 is 1.96 bits per heavy atom. The third-order valence-corrected chi connectivity index (χ3v) is 5.91. The maximum atomic E-state index is 12.1. The first-order valence-corrected chi connectivity index (χ1v) is 10.8. The van der Waals surface area contributed by atoms with Crippen LogP contribution >= 0.6 is 0 Å². The number of aromatic nitrogens is 2. The van der Waals surface area contributed by atoms with Gasteiger partial charge in [-0.2, -0.15) is 0 Å². The predicted octanol–water partition coefficient (Wildman–Crippen LogP) is 3.43. The van der Waals surface area contributed by atoms with E-state index in [0.717, 1.165) is 37.9 Å². The molecule has 1 aromatic heterocycles. The molecule has 140 valence electrons. The molecule has 0 unspecified atom stereocenters. The summed E-state index contributed by atoms with van der Waals surface area (Å²) in [4.78, 5) is 6.68. The zero-order valence-corrected chi connectivity index (χ0v) is 16.6. The molecule has 0 N–H and O–H groups in total. The second-order valence-corrected chi connectivity index (χ2v) is 9.45. The Kier molecular flexibility index (Phi) is 6.27. The molecule has 2 heterocycles. The largest absolute Gasteiger partial charge is 0.317 e. The number of hydrogen-bond donors (Lipinski definition) is 0. The van der Waals surface area contributed by atoms with Crippen molar-refractivity contribution in [2.45, 2.75) is 63.3 Å². The lowest BCUT2D eigenvalue weighted by atomic mass is 9.88. The van der Waals surface area contributed by atoms with Crippen LogP contribution in [-0.4, -0.2) is 41.2 Å². The van der Waals surface area contributed by atoms with Gasteiger partial charge in [0.25, 0.3) is 0 Å². The zero-order chi connectivity index (χ0) is 18.7. The van der Waals surface area contributed by atoms with Crippen molar-refractivity contribution in [1.29, 1.82) is 0 Å². The highest BCUT2D eigenvalue weighted by atomic mass is 32.2. The van der Waals surface area contributed by atoms with E-state index in [9.17, 15) is 8.42 Å². The molecule has 0 saturated carbocycles. The molecule has 0 aromatic carbocycles. The monoisotopic (exact) mass is 365 g/mol. The molecule has 6 heteroatoms. The van der Waals surface area contributed by atoms with Gasteiger partial charge in [0, 0.05) is 24.9 Å². The van der Waals surface area contributed by atoms with Gasteiger partial charge in [0.2, 0.25) is 15.0 Å². The van der Waals surface area contributed by atoms with Crippen LogP contribution in [0.3, 0.4) is 0 Å². The lowest BCUT2D eigenvalue weighted by Crippen LogP contribution is -2.43. The highest BCUT2D eigenvalue weighted by Gasteiger charge is 2.39. The van der Waals surface area contributed by atoms with Gasteiger partial charge in [-0.3, -0.25) is 4.90 Å². The van der Waals surface area contributed by atoms with Gasteiger partial charge in [0.05, 0.1) is 11.9 Å². The molecule has 1 aromatic rings. The Morgan fingerprint density at radius 1 is 1.32 bits per heavy atom. The smallest absolute Gasteiger partial charge is 0.227 e. The van der Waals surface area contributed by atoms with Crippen LogP contribution in [0.2, 0.25) is 0 Å². The molecular weight excluding hydrogens is 334 g/mol. The van der Waals surface area contributed by atoms with Gasteiger partial charge in [-0.25, -0.2) is 13.4 Å². The molecule has 0 spiro atoms. The third kappa shape index (κ3) is 4.42. The molecule has 1 saturated heterocycles. The first kappa shape index (κ1) is 19.9. The summed E-state index contributed by atoms with van der Waals surface area (Å²) in [5.41, 5.74) is 1.01. The average Bonchev–Trinajstić information content (AvgIpc) is 3.05. The predicted molar refractivity (Wildman–Crippen MR) is 102 cm³/mol. The minimum atomic E-state index is -3.34. The summed E-state index contributed by atoms with van der Waals surface area (Å²) in [6.45, 7) is 14.4. The van der Waals surface area contributed by atoms with Gasteiger partial charge in [-0.05, 0) is 38.1 Å². The van der Waals surface area contributed by atoms with E-state index < -0.39 is 9.84 Å². The molecular formula is C19H31N3O2S. The fourth-order valence-electron chi connectivity index (χ4n) is 3.89. The molecule has 0 radical (unpaired) electrons.